The van der Waals surface area contributed by atoms with Gasteiger partial charge < -0.3 is 5.11 Å². The van der Waals surface area contributed by atoms with E-state index >= 15 is 0 Å². The molecule has 1 aliphatic rings. The second kappa shape index (κ2) is 4.73. The number of carbonyl (C=O) groups is 1. The summed E-state index contributed by atoms with van der Waals surface area (Å²) in [5, 5.41) is 8.66. The predicted octanol–water partition coefficient (Wildman–Crippen LogP) is 3.55. The average molecular weight is 250 g/mol. The molecule has 0 unspecified atom stereocenters. The van der Waals surface area contributed by atoms with Crippen molar-refractivity contribution in [3.05, 3.63) is 65.2 Å². The van der Waals surface area contributed by atoms with Crippen LogP contribution in [0.5, 0.6) is 0 Å². The topological polar surface area (TPSA) is 37.3 Å². The fourth-order valence-electron chi connectivity index (χ4n) is 2.62. The molecule has 2 aromatic rings. The highest BCUT2D eigenvalue weighted by Crippen LogP contribution is 2.33. The first kappa shape index (κ1) is 11.7. The summed E-state index contributed by atoms with van der Waals surface area (Å²) >= 11 is 0. The van der Waals surface area contributed by atoms with Crippen molar-refractivity contribution in [1.29, 1.82) is 0 Å². The smallest absolute Gasteiger partial charge is 0.328 e. The highest BCUT2D eigenvalue weighted by molar-refractivity contribution is 5.85. The molecule has 0 aliphatic heterocycles. The van der Waals surface area contributed by atoms with Gasteiger partial charge in [0.15, 0.2) is 0 Å². The van der Waals surface area contributed by atoms with Gasteiger partial charge in [0.2, 0.25) is 0 Å². The Bertz CT molecular complexity index is 669. The maximum Gasteiger partial charge on any atom is 0.328 e. The van der Waals surface area contributed by atoms with E-state index in [0.717, 1.165) is 18.4 Å². The molecule has 3 rings (SSSR count). The summed E-state index contributed by atoms with van der Waals surface area (Å²) in [6, 6.07) is 14.6. The van der Waals surface area contributed by atoms with Crippen LogP contribution in [0.15, 0.2) is 48.5 Å². The number of benzene rings is 2. The van der Waals surface area contributed by atoms with Crippen molar-refractivity contribution in [3.8, 4) is 11.1 Å². The summed E-state index contributed by atoms with van der Waals surface area (Å²) < 4.78 is 0. The standard InChI is InChI=1S/C17H14O2/c18-17(19)10-6-12-5-9-16-14(11-12)8-7-13-3-1-2-4-15(13)16/h1-6,9-11H,7-8H2,(H,18,19)/b10-6+. The molecule has 0 bridgehead atoms. The Labute approximate surface area is 112 Å². The molecule has 2 heteroatoms. The predicted molar refractivity (Wildman–Crippen MR) is 76.0 cm³/mol. The molecule has 1 aliphatic carbocycles. The SMILES string of the molecule is O=C(O)/C=C/c1ccc2c(c1)CCc1ccccc1-2. The van der Waals surface area contributed by atoms with Crippen LogP contribution in [0.25, 0.3) is 17.2 Å². The molecule has 2 aromatic carbocycles. The minimum atomic E-state index is -0.914. The third-order valence-corrected chi connectivity index (χ3v) is 3.52. The van der Waals surface area contributed by atoms with Gasteiger partial charge in [0.1, 0.15) is 0 Å². The Morgan fingerprint density at radius 2 is 1.74 bits per heavy atom. The van der Waals surface area contributed by atoms with Crippen molar-refractivity contribution in [2.24, 2.45) is 0 Å². The molecule has 19 heavy (non-hydrogen) atoms. The van der Waals surface area contributed by atoms with Gasteiger partial charge in [-0.1, -0.05) is 42.5 Å². The highest BCUT2D eigenvalue weighted by Gasteiger charge is 2.15. The number of aryl methyl sites for hydroxylation is 2. The van der Waals surface area contributed by atoms with Gasteiger partial charge in [-0.3, -0.25) is 0 Å². The van der Waals surface area contributed by atoms with Gasteiger partial charge in [-0.25, -0.2) is 4.79 Å². The molecule has 0 fully saturated rings. The van der Waals surface area contributed by atoms with Crippen LogP contribution < -0.4 is 0 Å². The van der Waals surface area contributed by atoms with Gasteiger partial charge in [-0.15, -0.1) is 0 Å². The zero-order valence-electron chi connectivity index (χ0n) is 10.5. The van der Waals surface area contributed by atoms with E-state index in [9.17, 15) is 4.79 Å². The van der Waals surface area contributed by atoms with E-state index in [4.69, 9.17) is 5.11 Å². The molecular formula is C17H14O2. The first-order valence-electron chi connectivity index (χ1n) is 6.36. The molecule has 94 valence electrons. The molecule has 2 nitrogen and oxygen atoms in total. The van der Waals surface area contributed by atoms with E-state index in [2.05, 4.69) is 36.4 Å². The third kappa shape index (κ3) is 2.29. The van der Waals surface area contributed by atoms with Crippen LogP contribution in [0.2, 0.25) is 0 Å². The van der Waals surface area contributed by atoms with Crippen molar-refractivity contribution in [1.82, 2.24) is 0 Å². The zero-order chi connectivity index (χ0) is 13.2. The Hall–Kier alpha value is -2.35. The van der Waals surface area contributed by atoms with Crippen LogP contribution in [0, 0.1) is 0 Å². The van der Waals surface area contributed by atoms with Crippen LogP contribution in [-0.2, 0) is 17.6 Å². The molecule has 0 aromatic heterocycles. The first-order valence-corrected chi connectivity index (χ1v) is 6.36. The lowest BCUT2D eigenvalue weighted by atomic mass is 9.85. The summed E-state index contributed by atoms with van der Waals surface area (Å²) in [6.07, 6.45) is 4.89. The second-order valence-corrected chi connectivity index (χ2v) is 4.75. The lowest BCUT2D eigenvalue weighted by molar-refractivity contribution is -0.131. The van der Waals surface area contributed by atoms with Gasteiger partial charge in [-0.05, 0) is 46.7 Å². The Kier molecular flexibility index (Phi) is 2.92. The summed E-state index contributed by atoms with van der Waals surface area (Å²) in [5.74, 6) is -0.914. The number of carboxylic acids is 1. The molecule has 0 atom stereocenters. The van der Waals surface area contributed by atoms with Gasteiger partial charge in [-0.2, -0.15) is 0 Å². The number of rotatable bonds is 2. The van der Waals surface area contributed by atoms with Gasteiger partial charge >= 0.3 is 5.97 Å². The van der Waals surface area contributed by atoms with E-state index in [1.165, 1.54) is 28.3 Å². The van der Waals surface area contributed by atoms with E-state index < -0.39 is 5.97 Å². The third-order valence-electron chi connectivity index (χ3n) is 3.52. The van der Waals surface area contributed by atoms with Crippen LogP contribution in [0.4, 0.5) is 0 Å². The van der Waals surface area contributed by atoms with E-state index in [0.29, 0.717) is 0 Å². The first-order chi connectivity index (χ1) is 9.24. The lowest BCUT2D eigenvalue weighted by Crippen LogP contribution is -2.03. The minimum absolute atomic E-state index is 0.914. The minimum Gasteiger partial charge on any atom is -0.478 e. The van der Waals surface area contributed by atoms with E-state index in [-0.39, 0.29) is 0 Å². The van der Waals surface area contributed by atoms with Crippen molar-refractivity contribution in [3.63, 3.8) is 0 Å². The normalized spacial score (nSPS) is 13.1. The molecule has 0 heterocycles. The van der Waals surface area contributed by atoms with Crippen molar-refractivity contribution in [2.75, 3.05) is 0 Å². The van der Waals surface area contributed by atoms with Gasteiger partial charge in [0, 0.05) is 6.08 Å². The average Bonchev–Trinajstić information content (AvgIpc) is 2.44. The van der Waals surface area contributed by atoms with Crippen molar-refractivity contribution < 1.29 is 9.90 Å². The number of fused-ring (bicyclic) bond motifs is 3. The Morgan fingerprint density at radius 3 is 2.58 bits per heavy atom. The summed E-state index contributed by atoms with van der Waals surface area (Å²) in [7, 11) is 0. The van der Waals surface area contributed by atoms with E-state index in [1.807, 2.05) is 6.07 Å². The van der Waals surface area contributed by atoms with Crippen LogP contribution in [0.1, 0.15) is 16.7 Å². The number of hydrogen-bond donors (Lipinski definition) is 1. The van der Waals surface area contributed by atoms with Crippen LogP contribution >= 0.6 is 0 Å². The monoisotopic (exact) mass is 250 g/mol. The molecule has 0 spiro atoms. The summed E-state index contributed by atoms with van der Waals surface area (Å²) in [4.78, 5) is 10.5. The zero-order valence-corrected chi connectivity index (χ0v) is 10.5. The maximum atomic E-state index is 10.5. The van der Waals surface area contributed by atoms with Crippen LogP contribution in [0.3, 0.4) is 0 Å². The van der Waals surface area contributed by atoms with Gasteiger partial charge in [0.05, 0.1) is 0 Å². The maximum absolute atomic E-state index is 10.5. The molecular weight excluding hydrogens is 236 g/mol. The fraction of sp³-hybridized carbons (Fsp3) is 0.118. The molecule has 0 radical (unpaired) electrons. The van der Waals surface area contributed by atoms with Gasteiger partial charge in [0.25, 0.3) is 0 Å². The lowest BCUT2D eigenvalue weighted by Gasteiger charge is -2.20. The van der Waals surface area contributed by atoms with E-state index in [1.54, 1.807) is 6.08 Å². The number of aliphatic carboxylic acids is 1. The largest absolute Gasteiger partial charge is 0.478 e. The fourth-order valence-corrected chi connectivity index (χ4v) is 2.62. The highest BCUT2D eigenvalue weighted by atomic mass is 16.4. The summed E-state index contributed by atoms with van der Waals surface area (Å²) in [5.41, 5.74) is 6.21. The molecule has 1 N–H and O–H groups in total. The van der Waals surface area contributed by atoms with Crippen molar-refractivity contribution in [2.45, 2.75) is 12.8 Å². The molecule has 0 saturated carbocycles. The Morgan fingerprint density at radius 1 is 1.00 bits per heavy atom. The number of hydrogen-bond acceptors (Lipinski definition) is 1. The Balaban J connectivity index is 2.03. The van der Waals surface area contributed by atoms with Crippen molar-refractivity contribution >= 4 is 12.0 Å². The second-order valence-electron chi connectivity index (χ2n) is 4.75. The molecule has 0 amide bonds. The number of carboxylic acid groups (broad SMARTS) is 1. The summed E-state index contributed by atoms with van der Waals surface area (Å²) in [6.45, 7) is 0. The molecule has 0 saturated heterocycles. The quantitative estimate of drug-likeness (QED) is 0.827. The van der Waals surface area contributed by atoms with Crippen LogP contribution in [-0.4, -0.2) is 11.1 Å².